The molecule has 4 heteroatoms. The van der Waals surface area contributed by atoms with E-state index in [0.29, 0.717) is 18.4 Å². The number of aromatic nitrogens is 1. The summed E-state index contributed by atoms with van der Waals surface area (Å²) in [5, 5.41) is 0. The van der Waals surface area contributed by atoms with Gasteiger partial charge in [-0.2, -0.15) is 0 Å². The first-order chi connectivity index (χ1) is 8.65. The molecule has 2 heterocycles. The van der Waals surface area contributed by atoms with Crippen molar-refractivity contribution in [1.82, 2.24) is 9.88 Å². The highest BCUT2D eigenvalue weighted by Crippen LogP contribution is 2.15. The van der Waals surface area contributed by atoms with E-state index in [1.165, 1.54) is 12.8 Å². The van der Waals surface area contributed by atoms with E-state index in [1.54, 1.807) is 0 Å². The summed E-state index contributed by atoms with van der Waals surface area (Å²) in [4.78, 5) is 10.8. The van der Waals surface area contributed by atoms with Crippen molar-refractivity contribution in [1.29, 1.82) is 0 Å². The summed E-state index contributed by atoms with van der Waals surface area (Å²) in [5.41, 5.74) is 8.33. The van der Waals surface area contributed by atoms with Crippen LogP contribution in [0.2, 0.25) is 0 Å². The Morgan fingerprint density at radius 3 is 3.11 bits per heavy atom. The fourth-order valence-corrected chi connectivity index (χ4v) is 2.37. The highest BCUT2D eigenvalue weighted by atomic mass is 15.3. The minimum atomic E-state index is 0.616. The Labute approximate surface area is 109 Å². The van der Waals surface area contributed by atoms with Crippen molar-refractivity contribution < 1.29 is 0 Å². The Morgan fingerprint density at radius 1 is 1.56 bits per heavy atom. The molecule has 18 heavy (non-hydrogen) atoms. The lowest BCUT2D eigenvalue weighted by Crippen LogP contribution is -2.43. The largest absolute Gasteiger partial charge is 0.370 e. The molecule has 0 amide bonds. The maximum absolute atomic E-state index is 6.05. The summed E-state index contributed by atoms with van der Waals surface area (Å²) in [6, 6.07) is 2.10. The molecule has 0 bridgehead atoms. The molecule has 1 unspecified atom stereocenters. The summed E-state index contributed by atoms with van der Waals surface area (Å²) in [7, 11) is 0. The fourth-order valence-electron chi connectivity index (χ4n) is 2.37. The van der Waals surface area contributed by atoms with Crippen LogP contribution in [0.4, 0.5) is 0 Å². The summed E-state index contributed by atoms with van der Waals surface area (Å²) in [6.45, 7) is 6.98. The van der Waals surface area contributed by atoms with Crippen LogP contribution in [0.25, 0.3) is 0 Å². The Balaban J connectivity index is 1.96. The van der Waals surface area contributed by atoms with Crippen LogP contribution in [0, 0.1) is 12.8 Å². The SMILES string of the molecule is Cc1cncc(CN=C(N)N2CCCC(C)C2)c1. The van der Waals surface area contributed by atoms with E-state index in [0.717, 1.165) is 24.2 Å². The van der Waals surface area contributed by atoms with E-state index in [-0.39, 0.29) is 0 Å². The van der Waals surface area contributed by atoms with Gasteiger partial charge in [0.2, 0.25) is 0 Å². The quantitative estimate of drug-likeness (QED) is 0.641. The number of aliphatic imine (C=N–C) groups is 1. The van der Waals surface area contributed by atoms with Gasteiger partial charge in [0, 0.05) is 25.5 Å². The van der Waals surface area contributed by atoms with Gasteiger partial charge < -0.3 is 10.6 Å². The zero-order valence-corrected chi connectivity index (χ0v) is 11.3. The zero-order valence-electron chi connectivity index (χ0n) is 11.3. The van der Waals surface area contributed by atoms with Crippen LogP contribution in [0.5, 0.6) is 0 Å². The second kappa shape index (κ2) is 5.85. The second-order valence-corrected chi connectivity index (χ2v) is 5.24. The summed E-state index contributed by atoms with van der Waals surface area (Å²) < 4.78 is 0. The molecular formula is C14H22N4. The number of hydrogen-bond donors (Lipinski definition) is 1. The molecule has 1 saturated heterocycles. The first-order valence-electron chi connectivity index (χ1n) is 6.60. The normalized spacial score (nSPS) is 21.1. The van der Waals surface area contributed by atoms with Gasteiger partial charge in [0.25, 0.3) is 0 Å². The van der Waals surface area contributed by atoms with Crippen molar-refractivity contribution in [2.45, 2.75) is 33.2 Å². The average molecular weight is 246 g/mol. The second-order valence-electron chi connectivity index (χ2n) is 5.24. The maximum atomic E-state index is 6.05. The number of piperidine rings is 1. The third-order valence-electron chi connectivity index (χ3n) is 3.34. The molecule has 1 aliphatic rings. The van der Waals surface area contributed by atoms with Crippen molar-refractivity contribution in [3.05, 3.63) is 29.6 Å². The molecule has 98 valence electrons. The number of rotatable bonds is 2. The minimum absolute atomic E-state index is 0.616. The molecule has 1 atom stereocenters. The van der Waals surface area contributed by atoms with Gasteiger partial charge in [-0.3, -0.25) is 4.98 Å². The lowest BCUT2D eigenvalue weighted by atomic mass is 10.0. The number of guanidine groups is 1. The van der Waals surface area contributed by atoms with Crippen LogP contribution in [-0.4, -0.2) is 28.9 Å². The molecule has 0 aromatic carbocycles. The van der Waals surface area contributed by atoms with Gasteiger partial charge in [0.15, 0.2) is 5.96 Å². The van der Waals surface area contributed by atoms with Gasteiger partial charge in [0.1, 0.15) is 0 Å². The fraction of sp³-hybridized carbons (Fsp3) is 0.571. The topological polar surface area (TPSA) is 54.5 Å². The minimum Gasteiger partial charge on any atom is -0.370 e. The van der Waals surface area contributed by atoms with E-state index in [1.807, 2.05) is 19.3 Å². The van der Waals surface area contributed by atoms with Crippen molar-refractivity contribution in [3.63, 3.8) is 0 Å². The van der Waals surface area contributed by atoms with Crippen LogP contribution in [0.3, 0.4) is 0 Å². The van der Waals surface area contributed by atoms with Crippen molar-refractivity contribution in [2.75, 3.05) is 13.1 Å². The van der Waals surface area contributed by atoms with Crippen molar-refractivity contribution in [3.8, 4) is 0 Å². The third-order valence-corrected chi connectivity index (χ3v) is 3.34. The van der Waals surface area contributed by atoms with Gasteiger partial charge in [-0.1, -0.05) is 13.0 Å². The number of nitrogens with zero attached hydrogens (tertiary/aromatic N) is 3. The monoisotopic (exact) mass is 246 g/mol. The van der Waals surface area contributed by atoms with E-state index in [9.17, 15) is 0 Å². The molecule has 1 aliphatic heterocycles. The van der Waals surface area contributed by atoms with Gasteiger partial charge in [-0.25, -0.2) is 4.99 Å². The van der Waals surface area contributed by atoms with Crippen LogP contribution < -0.4 is 5.73 Å². The molecule has 0 saturated carbocycles. The summed E-state index contributed by atoms with van der Waals surface area (Å²) >= 11 is 0. The molecule has 4 nitrogen and oxygen atoms in total. The lowest BCUT2D eigenvalue weighted by Gasteiger charge is -2.31. The lowest BCUT2D eigenvalue weighted by molar-refractivity contribution is 0.270. The standard InChI is InChI=1S/C14H22N4/c1-11-4-3-5-18(10-11)14(15)17-9-13-6-12(2)7-16-8-13/h6-8,11H,3-5,9-10H2,1-2H3,(H2,15,17). The number of aryl methyl sites for hydroxylation is 1. The van der Waals surface area contributed by atoms with Crippen molar-refractivity contribution in [2.24, 2.45) is 16.6 Å². The first-order valence-corrected chi connectivity index (χ1v) is 6.60. The summed E-state index contributed by atoms with van der Waals surface area (Å²) in [6.07, 6.45) is 6.21. The molecule has 0 spiro atoms. The van der Waals surface area contributed by atoms with Gasteiger partial charge in [-0.05, 0) is 36.8 Å². The predicted octanol–water partition coefficient (Wildman–Crippen LogP) is 1.94. The summed E-state index contributed by atoms with van der Waals surface area (Å²) in [5.74, 6) is 1.39. The number of pyridine rings is 1. The van der Waals surface area contributed by atoms with E-state index in [4.69, 9.17) is 5.73 Å². The first kappa shape index (κ1) is 12.9. The van der Waals surface area contributed by atoms with Crippen LogP contribution in [0.1, 0.15) is 30.9 Å². The average Bonchev–Trinajstić information content (AvgIpc) is 2.36. The van der Waals surface area contributed by atoms with Gasteiger partial charge in [-0.15, -0.1) is 0 Å². The number of nitrogens with two attached hydrogens (primary N) is 1. The van der Waals surface area contributed by atoms with Crippen LogP contribution in [0.15, 0.2) is 23.5 Å². The van der Waals surface area contributed by atoms with E-state index >= 15 is 0 Å². The number of likely N-dealkylation sites (tertiary alicyclic amines) is 1. The Bertz CT molecular complexity index is 428. The molecule has 0 aliphatic carbocycles. The zero-order chi connectivity index (χ0) is 13.0. The number of hydrogen-bond acceptors (Lipinski definition) is 2. The molecule has 0 radical (unpaired) electrons. The molecule has 1 fully saturated rings. The Morgan fingerprint density at radius 2 is 2.39 bits per heavy atom. The van der Waals surface area contributed by atoms with E-state index in [2.05, 4.69) is 27.9 Å². The maximum Gasteiger partial charge on any atom is 0.191 e. The highest BCUT2D eigenvalue weighted by Gasteiger charge is 2.17. The molecular weight excluding hydrogens is 224 g/mol. The molecule has 2 rings (SSSR count). The smallest absolute Gasteiger partial charge is 0.191 e. The Kier molecular flexibility index (Phi) is 4.18. The van der Waals surface area contributed by atoms with Gasteiger partial charge in [0.05, 0.1) is 6.54 Å². The van der Waals surface area contributed by atoms with Crippen molar-refractivity contribution >= 4 is 5.96 Å². The molecule has 1 aromatic rings. The van der Waals surface area contributed by atoms with E-state index < -0.39 is 0 Å². The Hall–Kier alpha value is -1.58. The van der Waals surface area contributed by atoms with Crippen LogP contribution in [-0.2, 0) is 6.54 Å². The van der Waals surface area contributed by atoms with Gasteiger partial charge >= 0.3 is 0 Å². The predicted molar refractivity (Wildman–Crippen MR) is 74.3 cm³/mol. The third kappa shape index (κ3) is 3.45. The van der Waals surface area contributed by atoms with Crippen LogP contribution >= 0.6 is 0 Å². The highest BCUT2D eigenvalue weighted by molar-refractivity contribution is 5.78. The molecule has 2 N–H and O–H groups in total. The molecule has 1 aromatic heterocycles.